The lowest BCUT2D eigenvalue weighted by molar-refractivity contribution is -0.325. The van der Waals surface area contributed by atoms with Crippen molar-refractivity contribution in [1.82, 2.24) is 0 Å². The van der Waals surface area contributed by atoms with Crippen LogP contribution in [0.25, 0.3) is 0 Å². The summed E-state index contributed by atoms with van der Waals surface area (Å²) in [5, 5.41) is 41.2. The van der Waals surface area contributed by atoms with E-state index in [1.807, 2.05) is 6.92 Å². The van der Waals surface area contributed by atoms with Gasteiger partial charge in [-0.1, -0.05) is 59.5 Å². The lowest BCUT2D eigenvalue weighted by Gasteiger charge is -2.45. The summed E-state index contributed by atoms with van der Waals surface area (Å²) >= 11 is 0. The number of carbonyl (C=O) groups is 1. The van der Waals surface area contributed by atoms with E-state index < -0.39 is 28.9 Å². The molecule has 0 saturated heterocycles. The highest BCUT2D eigenvalue weighted by atomic mass is 16.6. The van der Waals surface area contributed by atoms with Crippen molar-refractivity contribution in [2.24, 2.45) is 5.41 Å². The van der Waals surface area contributed by atoms with Crippen molar-refractivity contribution in [1.29, 1.82) is 0 Å². The lowest BCUT2D eigenvalue weighted by Crippen LogP contribution is -2.67. The maximum Gasteiger partial charge on any atom is 0.341 e. The average molecular weight is 346 g/mol. The molecule has 0 spiro atoms. The van der Waals surface area contributed by atoms with E-state index >= 15 is 0 Å². The zero-order chi connectivity index (χ0) is 19.0. The first kappa shape index (κ1) is 23.1. The minimum atomic E-state index is -2.92. The molecule has 142 valence electrons. The molecule has 24 heavy (non-hydrogen) atoms. The van der Waals surface area contributed by atoms with Crippen molar-refractivity contribution in [3.63, 3.8) is 0 Å². The van der Waals surface area contributed by atoms with Gasteiger partial charge in [0.2, 0.25) is 11.4 Å². The molecular weight excluding hydrogens is 312 g/mol. The molecule has 0 aromatic carbocycles. The molecule has 0 saturated carbocycles. The van der Waals surface area contributed by atoms with Crippen LogP contribution in [0.1, 0.15) is 66.2 Å². The zero-order valence-corrected chi connectivity index (χ0v) is 15.4. The SMILES string of the molecule is C=CCOC(CC(C)(C)C)(C(=O)O)C(O)(O)C(O)CCCCCC. The summed E-state index contributed by atoms with van der Waals surface area (Å²) in [6.45, 7) is 10.7. The Bertz CT molecular complexity index is 399. The third kappa shape index (κ3) is 6.16. The molecule has 0 amide bonds. The molecule has 2 atom stereocenters. The fraction of sp³-hybridized carbons (Fsp3) is 0.833. The van der Waals surface area contributed by atoms with Gasteiger partial charge in [-0.05, 0) is 18.3 Å². The monoisotopic (exact) mass is 346 g/mol. The Morgan fingerprint density at radius 1 is 1.21 bits per heavy atom. The third-order valence-corrected chi connectivity index (χ3v) is 3.96. The Labute approximate surface area is 145 Å². The molecule has 0 aliphatic heterocycles. The van der Waals surface area contributed by atoms with Gasteiger partial charge in [0, 0.05) is 0 Å². The van der Waals surface area contributed by atoms with Gasteiger partial charge in [-0.25, -0.2) is 4.79 Å². The molecule has 0 bridgehead atoms. The Hall–Kier alpha value is -0.950. The first-order valence-electron chi connectivity index (χ1n) is 8.55. The predicted octanol–water partition coefficient (Wildman–Crippen LogP) is 2.46. The average Bonchev–Trinajstić information content (AvgIpc) is 2.45. The molecule has 6 nitrogen and oxygen atoms in total. The number of carboxylic acid groups (broad SMARTS) is 1. The van der Waals surface area contributed by atoms with Crippen LogP contribution in [0.5, 0.6) is 0 Å². The van der Waals surface area contributed by atoms with Crippen LogP contribution in [-0.2, 0) is 9.53 Å². The number of hydrogen-bond donors (Lipinski definition) is 4. The van der Waals surface area contributed by atoms with Crippen LogP contribution in [0.15, 0.2) is 12.7 Å². The molecule has 0 aromatic heterocycles. The third-order valence-electron chi connectivity index (χ3n) is 3.96. The van der Waals surface area contributed by atoms with Crippen LogP contribution in [0, 0.1) is 5.41 Å². The van der Waals surface area contributed by atoms with Crippen molar-refractivity contribution in [2.75, 3.05) is 6.61 Å². The van der Waals surface area contributed by atoms with Crippen LogP contribution < -0.4 is 0 Å². The van der Waals surface area contributed by atoms with Crippen LogP contribution in [0.4, 0.5) is 0 Å². The minimum absolute atomic E-state index is 0.0869. The fourth-order valence-electron chi connectivity index (χ4n) is 2.76. The highest BCUT2D eigenvalue weighted by molar-refractivity contribution is 5.79. The van der Waals surface area contributed by atoms with Crippen molar-refractivity contribution >= 4 is 5.97 Å². The fourth-order valence-corrected chi connectivity index (χ4v) is 2.76. The number of aliphatic hydroxyl groups excluding tert-OH is 1. The standard InChI is InChI=1S/C18H34O6/c1-6-8-9-10-11-14(19)18(22,23)17(15(20)21,24-12-7-2)13-16(3,4)5/h7,14,19,22-23H,2,6,8-13H2,1,3-5H3,(H,20,21). The van der Waals surface area contributed by atoms with Gasteiger partial charge < -0.3 is 25.2 Å². The lowest BCUT2D eigenvalue weighted by atomic mass is 9.74. The molecule has 2 unspecified atom stereocenters. The smallest absolute Gasteiger partial charge is 0.341 e. The molecule has 0 rings (SSSR count). The number of aliphatic carboxylic acids is 1. The first-order valence-corrected chi connectivity index (χ1v) is 8.55. The summed E-state index contributed by atoms with van der Waals surface area (Å²) in [7, 11) is 0. The Balaban J connectivity index is 5.54. The van der Waals surface area contributed by atoms with Crippen molar-refractivity contribution < 1.29 is 30.0 Å². The minimum Gasteiger partial charge on any atom is -0.479 e. The number of aliphatic hydroxyl groups is 3. The second kappa shape index (κ2) is 9.51. The number of hydrogen-bond acceptors (Lipinski definition) is 5. The van der Waals surface area contributed by atoms with Crippen LogP contribution in [0.2, 0.25) is 0 Å². The predicted molar refractivity (Wildman–Crippen MR) is 92.5 cm³/mol. The summed E-state index contributed by atoms with van der Waals surface area (Å²) in [5.74, 6) is -4.43. The largest absolute Gasteiger partial charge is 0.479 e. The van der Waals surface area contributed by atoms with E-state index in [0.717, 1.165) is 19.3 Å². The molecular formula is C18H34O6. The Kier molecular flexibility index (Phi) is 9.14. The Morgan fingerprint density at radius 2 is 1.79 bits per heavy atom. The van der Waals surface area contributed by atoms with E-state index in [-0.39, 0.29) is 19.4 Å². The van der Waals surface area contributed by atoms with E-state index in [1.165, 1.54) is 6.08 Å². The van der Waals surface area contributed by atoms with Crippen molar-refractivity contribution in [2.45, 2.75) is 83.7 Å². The van der Waals surface area contributed by atoms with Gasteiger partial charge in [0.15, 0.2) is 0 Å². The van der Waals surface area contributed by atoms with Gasteiger partial charge in [-0.15, -0.1) is 6.58 Å². The van der Waals surface area contributed by atoms with Crippen LogP contribution in [0.3, 0.4) is 0 Å². The topological polar surface area (TPSA) is 107 Å². The van der Waals surface area contributed by atoms with E-state index in [2.05, 4.69) is 6.58 Å². The van der Waals surface area contributed by atoms with E-state index in [9.17, 15) is 25.2 Å². The summed E-state index contributed by atoms with van der Waals surface area (Å²) in [6.07, 6.45) is 3.00. The normalized spacial score (nSPS) is 16.5. The highest BCUT2D eigenvalue weighted by Crippen LogP contribution is 2.40. The molecule has 0 aliphatic carbocycles. The van der Waals surface area contributed by atoms with Crippen molar-refractivity contribution in [3.8, 4) is 0 Å². The molecule has 0 aromatic rings. The van der Waals surface area contributed by atoms with Crippen molar-refractivity contribution in [3.05, 3.63) is 12.7 Å². The van der Waals surface area contributed by atoms with E-state index in [1.54, 1.807) is 20.8 Å². The number of carboxylic acids is 1. The summed E-state index contributed by atoms with van der Waals surface area (Å²) in [5.41, 5.74) is -2.91. The molecule has 0 heterocycles. The van der Waals surface area contributed by atoms with Gasteiger partial charge in [0.1, 0.15) is 6.10 Å². The molecule has 4 N–H and O–H groups in total. The molecule has 0 aliphatic rings. The van der Waals surface area contributed by atoms with Gasteiger partial charge in [-0.2, -0.15) is 0 Å². The second-order valence-corrected chi connectivity index (χ2v) is 7.56. The molecule has 0 radical (unpaired) electrons. The van der Waals surface area contributed by atoms with Gasteiger partial charge in [-0.3, -0.25) is 0 Å². The summed E-state index contributed by atoms with van der Waals surface area (Å²) < 4.78 is 5.35. The maximum atomic E-state index is 11.9. The van der Waals surface area contributed by atoms with Gasteiger partial charge >= 0.3 is 5.97 Å². The quantitative estimate of drug-likeness (QED) is 0.246. The van der Waals surface area contributed by atoms with E-state index in [4.69, 9.17) is 4.74 Å². The number of rotatable bonds is 12. The van der Waals surface area contributed by atoms with Gasteiger partial charge in [0.05, 0.1) is 6.61 Å². The zero-order valence-electron chi connectivity index (χ0n) is 15.4. The maximum absolute atomic E-state index is 11.9. The first-order chi connectivity index (χ1) is 10.9. The van der Waals surface area contributed by atoms with Crippen LogP contribution >= 0.6 is 0 Å². The number of unbranched alkanes of at least 4 members (excludes halogenated alkanes) is 3. The van der Waals surface area contributed by atoms with E-state index in [0.29, 0.717) is 6.42 Å². The summed E-state index contributed by atoms with van der Waals surface area (Å²) in [4.78, 5) is 11.9. The number of ether oxygens (including phenoxy) is 1. The second-order valence-electron chi connectivity index (χ2n) is 7.56. The molecule has 0 fully saturated rings. The van der Waals surface area contributed by atoms with Gasteiger partial charge in [0.25, 0.3) is 0 Å². The highest BCUT2D eigenvalue weighted by Gasteiger charge is 2.61. The van der Waals surface area contributed by atoms with Crippen LogP contribution in [-0.4, -0.2) is 50.5 Å². The molecule has 6 heteroatoms. The summed E-state index contributed by atoms with van der Waals surface area (Å²) in [6, 6.07) is 0. The Morgan fingerprint density at radius 3 is 2.21 bits per heavy atom.